The van der Waals surface area contributed by atoms with Crippen LogP contribution in [0.25, 0.3) is 0 Å². The van der Waals surface area contributed by atoms with E-state index in [-0.39, 0.29) is 5.69 Å². The van der Waals surface area contributed by atoms with E-state index in [0.717, 1.165) is 0 Å². The molecule has 0 bridgehead atoms. The van der Waals surface area contributed by atoms with Crippen molar-refractivity contribution < 1.29 is 23.1 Å². The van der Waals surface area contributed by atoms with Crippen LogP contribution in [0.3, 0.4) is 0 Å². The number of nitrogens with one attached hydrogen (secondary N) is 1. The summed E-state index contributed by atoms with van der Waals surface area (Å²) in [5.74, 6) is -2.10. The maximum Gasteiger partial charge on any atom is 0.408 e. The monoisotopic (exact) mass is 262 g/mol. The molecule has 0 aliphatic heterocycles. The first kappa shape index (κ1) is 14.3. The largest absolute Gasteiger partial charge is 0.476 e. The minimum Gasteiger partial charge on any atom is -0.476 e. The van der Waals surface area contributed by atoms with Gasteiger partial charge in [-0.1, -0.05) is 13.8 Å². The van der Waals surface area contributed by atoms with Crippen molar-refractivity contribution >= 4 is 11.7 Å². The molecule has 2 N–H and O–H groups in total. The quantitative estimate of drug-likeness (QED) is 0.875. The number of alkyl halides is 3. The maximum atomic E-state index is 12.8. The molecule has 18 heavy (non-hydrogen) atoms. The van der Waals surface area contributed by atoms with E-state index in [0.29, 0.717) is 0 Å². The number of hydrogen-bond acceptors (Lipinski definition) is 3. The summed E-state index contributed by atoms with van der Waals surface area (Å²) >= 11 is 0. The third-order valence-corrected chi connectivity index (χ3v) is 2.34. The number of anilines is 1. The lowest BCUT2D eigenvalue weighted by Crippen LogP contribution is -2.41. The van der Waals surface area contributed by atoms with Gasteiger partial charge in [0.2, 0.25) is 0 Å². The Morgan fingerprint density at radius 2 is 2.06 bits per heavy atom. The molecule has 100 valence electrons. The van der Waals surface area contributed by atoms with Crippen LogP contribution in [0.5, 0.6) is 0 Å². The average Bonchev–Trinajstić information content (AvgIpc) is 2.24. The molecule has 0 saturated heterocycles. The lowest BCUT2D eigenvalue weighted by atomic mass is 10.0. The average molecular weight is 262 g/mol. The van der Waals surface area contributed by atoms with Crippen molar-refractivity contribution in [1.82, 2.24) is 4.98 Å². The van der Waals surface area contributed by atoms with Crippen LogP contribution in [0.1, 0.15) is 24.3 Å². The van der Waals surface area contributed by atoms with Gasteiger partial charge in [-0.15, -0.1) is 0 Å². The Morgan fingerprint density at radius 1 is 1.44 bits per heavy atom. The van der Waals surface area contributed by atoms with E-state index < -0.39 is 29.8 Å². The van der Waals surface area contributed by atoms with Crippen molar-refractivity contribution in [3.8, 4) is 0 Å². The van der Waals surface area contributed by atoms with Gasteiger partial charge in [0.1, 0.15) is 6.04 Å². The topological polar surface area (TPSA) is 62.2 Å². The lowest BCUT2D eigenvalue weighted by molar-refractivity contribution is -0.150. The van der Waals surface area contributed by atoms with Crippen LogP contribution in [-0.2, 0) is 0 Å². The van der Waals surface area contributed by atoms with Crippen LogP contribution in [0.4, 0.5) is 18.9 Å². The highest BCUT2D eigenvalue weighted by atomic mass is 19.4. The van der Waals surface area contributed by atoms with E-state index in [1.807, 2.05) is 0 Å². The maximum absolute atomic E-state index is 12.8. The summed E-state index contributed by atoms with van der Waals surface area (Å²) in [5, 5.41) is 11.0. The van der Waals surface area contributed by atoms with Crippen LogP contribution in [0.2, 0.25) is 0 Å². The Balaban J connectivity index is 3.05. The Labute approximate surface area is 102 Å². The molecule has 1 rings (SSSR count). The molecule has 4 nitrogen and oxygen atoms in total. The molecule has 0 aliphatic rings. The normalized spacial score (nSPS) is 13.4. The van der Waals surface area contributed by atoms with Gasteiger partial charge in [-0.2, -0.15) is 13.2 Å². The second-order valence-corrected chi connectivity index (χ2v) is 4.11. The van der Waals surface area contributed by atoms with Gasteiger partial charge in [0, 0.05) is 6.20 Å². The van der Waals surface area contributed by atoms with Crippen molar-refractivity contribution in [3.05, 3.63) is 24.0 Å². The van der Waals surface area contributed by atoms with Gasteiger partial charge in [-0.05, 0) is 18.1 Å². The molecule has 0 spiro atoms. The summed E-state index contributed by atoms with van der Waals surface area (Å²) < 4.78 is 38.3. The van der Waals surface area contributed by atoms with E-state index in [1.165, 1.54) is 32.2 Å². The fourth-order valence-corrected chi connectivity index (χ4v) is 1.49. The van der Waals surface area contributed by atoms with Gasteiger partial charge in [0.05, 0.1) is 5.69 Å². The summed E-state index contributed by atoms with van der Waals surface area (Å²) in [6, 6.07) is 0.819. The van der Waals surface area contributed by atoms with E-state index in [2.05, 4.69) is 10.3 Å². The molecule has 1 aromatic heterocycles. The predicted octanol–water partition coefficient (Wildman–Crippen LogP) is 2.78. The van der Waals surface area contributed by atoms with Gasteiger partial charge in [0.15, 0.2) is 5.69 Å². The van der Waals surface area contributed by atoms with E-state index in [9.17, 15) is 18.0 Å². The highest BCUT2D eigenvalue weighted by Gasteiger charge is 2.42. The third kappa shape index (κ3) is 3.35. The molecule has 1 atom stereocenters. The summed E-state index contributed by atoms with van der Waals surface area (Å²) in [5.41, 5.74) is -0.562. The summed E-state index contributed by atoms with van der Waals surface area (Å²) in [7, 11) is 0. The van der Waals surface area contributed by atoms with Crippen molar-refractivity contribution in [2.45, 2.75) is 26.1 Å². The summed E-state index contributed by atoms with van der Waals surface area (Å²) in [4.78, 5) is 14.4. The van der Waals surface area contributed by atoms with Crippen LogP contribution in [-0.4, -0.2) is 28.3 Å². The van der Waals surface area contributed by atoms with Gasteiger partial charge in [0.25, 0.3) is 0 Å². The molecule has 0 aromatic carbocycles. The number of halogens is 3. The van der Waals surface area contributed by atoms with Gasteiger partial charge in [-0.25, -0.2) is 9.78 Å². The smallest absolute Gasteiger partial charge is 0.408 e. The van der Waals surface area contributed by atoms with E-state index in [4.69, 9.17) is 5.11 Å². The van der Waals surface area contributed by atoms with Crippen LogP contribution < -0.4 is 5.32 Å². The first-order chi connectivity index (χ1) is 8.23. The lowest BCUT2D eigenvalue weighted by Gasteiger charge is -2.26. The van der Waals surface area contributed by atoms with Crippen molar-refractivity contribution in [3.63, 3.8) is 0 Å². The highest BCUT2D eigenvalue weighted by Crippen LogP contribution is 2.29. The molecule has 1 aromatic rings. The molecule has 0 aliphatic carbocycles. The first-order valence-corrected chi connectivity index (χ1v) is 5.25. The first-order valence-electron chi connectivity index (χ1n) is 5.25. The molecule has 0 fully saturated rings. The standard InChI is InChI=1S/C11H13F3N2O2/c1-6(2)9(11(12,13)14)16-7-4-3-5-15-8(7)10(17)18/h3-6,9,16H,1-2H3,(H,17,18)/t9-/m1/s1. The zero-order valence-electron chi connectivity index (χ0n) is 9.82. The molecule has 0 unspecified atom stereocenters. The SMILES string of the molecule is CC(C)[C@@H](Nc1cccnc1C(=O)O)C(F)(F)F. The number of hydrogen-bond donors (Lipinski definition) is 2. The number of pyridine rings is 1. The van der Waals surface area contributed by atoms with Crippen molar-refractivity contribution in [1.29, 1.82) is 0 Å². The van der Waals surface area contributed by atoms with Crippen molar-refractivity contribution in [2.75, 3.05) is 5.32 Å². The summed E-state index contributed by atoms with van der Waals surface area (Å²) in [6.45, 7) is 2.81. The molecular weight excluding hydrogens is 249 g/mol. The van der Waals surface area contributed by atoms with E-state index in [1.54, 1.807) is 0 Å². The van der Waals surface area contributed by atoms with Crippen LogP contribution in [0.15, 0.2) is 18.3 Å². The van der Waals surface area contributed by atoms with Crippen molar-refractivity contribution in [2.24, 2.45) is 5.92 Å². The minimum atomic E-state index is -4.46. The van der Waals surface area contributed by atoms with Crippen LogP contribution in [0, 0.1) is 5.92 Å². The molecule has 7 heteroatoms. The van der Waals surface area contributed by atoms with Gasteiger partial charge in [-0.3, -0.25) is 0 Å². The van der Waals surface area contributed by atoms with E-state index >= 15 is 0 Å². The number of rotatable bonds is 4. The molecule has 0 amide bonds. The Bertz CT molecular complexity index is 433. The Hall–Kier alpha value is -1.79. The number of aromatic nitrogens is 1. The fourth-order valence-electron chi connectivity index (χ4n) is 1.49. The molecule has 0 radical (unpaired) electrons. The number of carboxylic acid groups (broad SMARTS) is 1. The second-order valence-electron chi connectivity index (χ2n) is 4.11. The molecular formula is C11H13F3N2O2. The zero-order valence-corrected chi connectivity index (χ0v) is 9.82. The highest BCUT2D eigenvalue weighted by molar-refractivity contribution is 5.91. The minimum absolute atomic E-state index is 0.138. The Morgan fingerprint density at radius 3 is 2.50 bits per heavy atom. The number of carbonyl (C=O) groups is 1. The molecule has 1 heterocycles. The number of aromatic carboxylic acids is 1. The molecule has 0 saturated carbocycles. The predicted molar refractivity (Wildman–Crippen MR) is 59.5 cm³/mol. The van der Waals surface area contributed by atoms with Gasteiger partial charge >= 0.3 is 12.1 Å². The fraction of sp³-hybridized carbons (Fsp3) is 0.455. The van der Waals surface area contributed by atoms with Crippen LogP contribution >= 0.6 is 0 Å². The number of nitrogens with zero attached hydrogens (tertiary/aromatic N) is 1. The van der Waals surface area contributed by atoms with Gasteiger partial charge < -0.3 is 10.4 Å². The summed E-state index contributed by atoms with van der Waals surface area (Å²) in [6.07, 6.45) is -3.24. The second kappa shape index (κ2) is 5.24. The third-order valence-electron chi connectivity index (χ3n) is 2.34. The number of carboxylic acids is 1. The zero-order chi connectivity index (χ0) is 13.9. The Kier molecular flexibility index (Phi) is 4.15.